The first kappa shape index (κ1) is 6.73. The molecule has 1 rings (SSSR count). The van der Waals surface area contributed by atoms with E-state index in [1.165, 1.54) is 0 Å². The first-order chi connectivity index (χ1) is 3.80. The quantitative estimate of drug-likeness (QED) is 0.273. The van der Waals surface area contributed by atoms with E-state index in [0.29, 0.717) is 4.05 Å². The second-order valence-electron chi connectivity index (χ2n) is 1.75. The molecule has 0 aromatic carbocycles. The molecule has 3 nitrogen and oxygen atoms in total. The predicted molar refractivity (Wildman–Crippen MR) is 39.5 cm³/mol. The van der Waals surface area contributed by atoms with Gasteiger partial charge >= 0.3 is 0 Å². The molecule has 8 heavy (non-hydrogen) atoms. The number of morpholine rings is 1. The molecule has 1 aliphatic rings. The second-order valence-corrected chi connectivity index (χ2v) is 3.19. The van der Waals surface area contributed by atoms with Crippen LogP contribution in [0.1, 0.15) is 0 Å². The van der Waals surface area contributed by atoms with Gasteiger partial charge in [-0.15, -0.1) is 0 Å². The van der Waals surface area contributed by atoms with Crippen molar-refractivity contribution in [2.45, 2.75) is 4.05 Å². The number of alkyl halides is 1. The summed E-state index contributed by atoms with van der Waals surface area (Å²) < 4.78 is 5.49. The van der Waals surface area contributed by atoms with Crippen LogP contribution in [0.2, 0.25) is 0 Å². The van der Waals surface area contributed by atoms with Crippen LogP contribution in [-0.4, -0.2) is 28.8 Å². The van der Waals surface area contributed by atoms with Gasteiger partial charge in [-0.1, -0.05) is 22.6 Å². The highest BCUT2D eigenvalue weighted by Gasteiger charge is 2.15. The van der Waals surface area contributed by atoms with Gasteiger partial charge < -0.3 is 4.74 Å². The molecule has 0 bridgehead atoms. The van der Waals surface area contributed by atoms with Gasteiger partial charge in [-0.25, -0.2) is 5.01 Å². The third-order valence-corrected chi connectivity index (χ3v) is 2.18. The minimum absolute atomic E-state index is 0.362. The summed E-state index contributed by atoms with van der Waals surface area (Å²) in [5.41, 5.74) is 0. The van der Waals surface area contributed by atoms with Gasteiger partial charge in [0.2, 0.25) is 0 Å². The first-order valence-corrected chi connectivity index (χ1v) is 3.78. The highest BCUT2D eigenvalue weighted by Crippen LogP contribution is 2.07. The van der Waals surface area contributed by atoms with Gasteiger partial charge in [-0.05, 0) is 0 Å². The van der Waals surface area contributed by atoms with E-state index in [-0.39, 0.29) is 0 Å². The summed E-state index contributed by atoms with van der Waals surface area (Å²) in [5.74, 6) is 5.52. The van der Waals surface area contributed by atoms with E-state index >= 15 is 0 Å². The fraction of sp³-hybridized carbons (Fsp3) is 1.00. The molecule has 0 aromatic heterocycles. The van der Waals surface area contributed by atoms with Crippen molar-refractivity contribution in [2.75, 3.05) is 19.8 Å². The molecule has 1 heterocycles. The van der Waals surface area contributed by atoms with Crippen molar-refractivity contribution in [3.63, 3.8) is 0 Å². The van der Waals surface area contributed by atoms with Crippen LogP contribution >= 0.6 is 22.6 Å². The normalized spacial score (nSPS) is 33.0. The minimum atomic E-state index is 0.362. The van der Waals surface area contributed by atoms with Gasteiger partial charge in [0.25, 0.3) is 0 Å². The number of nitrogens with zero attached hydrogens (tertiary/aromatic N) is 1. The molecule has 0 spiro atoms. The molecule has 4 heteroatoms. The zero-order chi connectivity index (χ0) is 5.98. The van der Waals surface area contributed by atoms with Crippen LogP contribution in [0.3, 0.4) is 0 Å². The van der Waals surface area contributed by atoms with Gasteiger partial charge in [0, 0.05) is 6.54 Å². The molecule has 2 N–H and O–H groups in total. The Bertz CT molecular complexity index is 70.4. The summed E-state index contributed by atoms with van der Waals surface area (Å²) in [6.45, 7) is 2.39. The summed E-state index contributed by atoms with van der Waals surface area (Å²) >= 11 is 2.26. The van der Waals surface area contributed by atoms with Crippen LogP contribution in [0.25, 0.3) is 0 Å². The van der Waals surface area contributed by atoms with E-state index in [2.05, 4.69) is 22.6 Å². The molecule has 48 valence electrons. The monoisotopic (exact) mass is 228 g/mol. The van der Waals surface area contributed by atoms with E-state index in [4.69, 9.17) is 10.6 Å². The molecule has 1 atom stereocenters. The van der Waals surface area contributed by atoms with Crippen LogP contribution in [0.15, 0.2) is 0 Å². The number of hydrazine groups is 1. The average Bonchev–Trinajstić information content (AvgIpc) is 1.77. The Labute approximate surface area is 62.3 Å². The molecule has 1 aliphatic heterocycles. The van der Waals surface area contributed by atoms with Crippen LogP contribution in [0, 0.1) is 0 Å². The lowest BCUT2D eigenvalue weighted by molar-refractivity contribution is 0.0305. The van der Waals surface area contributed by atoms with Crippen molar-refractivity contribution in [2.24, 2.45) is 5.84 Å². The smallest absolute Gasteiger partial charge is 0.0988 e. The van der Waals surface area contributed by atoms with Crippen molar-refractivity contribution in [3.8, 4) is 0 Å². The lowest BCUT2D eigenvalue weighted by atomic mass is 10.5. The number of halogens is 1. The Hall–Kier alpha value is 0.610. The standard InChI is InChI=1S/C4H9IN2O/c5-4-3-8-2-1-7(4)6/h4H,1-3,6H2/t4-/m1/s1. The minimum Gasteiger partial charge on any atom is -0.378 e. The SMILES string of the molecule is NN1CCOC[C@@H]1I. The first-order valence-electron chi connectivity index (χ1n) is 2.54. The summed E-state index contributed by atoms with van der Waals surface area (Å²) in [6.07, 6.45) is 0. The lowest BCUT2D eigenvalue weighted by Crippen LogP contribution is -2.46. The van der Waals surface area contributed by atoms with Crippen molar-refractivity contribution >= 4 is 22.6 Å². The van der Waals surface area contributed by atoms with E-state index in [9.17, 15) is 0 Å². The summed E-state index contributed by atoms with van der Waals surface area (Å²) in [7, 11) is 0. The summed E-state index contributed by atoms with van der Waals surface area (Å²) in [4.78, 5) is 0. The fourth-order valence-electron chi connectivity index (χ4n) is 0.586. The van der Waals surface area contributed by atoms with Gasteiger partial charge in [0.15, 0.2) is 0 Å². The predicted octanol–water partition coefficient (Wildman–Crippen LogP) is -0.0466. The van der Waals surface area contributed by atoms with Crippen molar-refractivity contribution in [1.29, 1.82) is 0 Å². The zero-order valence-electron chi connectivity index (χ0n) is 4.51. The maximum atomic E-state index is 5.52. The Morgan fingerprint density at radius 2 is 2.50 bits per heavy atom. The maximum Gasteiger partial charge on any atom is 0.0988 e. The zero-order valence-corrected chi connectivity index (χ0v) is 6.67. The van der Waals surface area contributed by atoms with Crippen LogP contribution in [0.5, 0.6) is 0 Å². The number of ether oxygens (including phenoxy) is 1. The van der Waals surface area contributed by atoms with Gasteiger partial charge in [-0.3, -0.25) is 5.84 Å². The number of rotatable bonds is 0. The molecule has 0 aromatic rings. The van der Waals surface area contributed by atoms with Gasteiger partial charge in [0.05, 0.1) is 17.3 Å². The number of hydrogen-bond donors (Lipinski definition) is 1. The van der Waals surface area contributed by atoms with Crippen LogP contribution < -0.4 is 5.84 Å². The molecular weight excluding hydrogens is 219 g/mol. The highest BCUT2D eigenvalue weighted by molar-refractivity contribution is 14.1. The van der Waals surface area contributed by atoms with Crippen LogP contribution in [0.4, 0.5) is 0 Å². The van der Waals surface area contributed by atoms with E-state index < -0.39 is 0 Å². The largest absolute Gasteiger partial charge is 0.378 e. The van der Waals surface area contributed by atoms with Gasteiger partial charge in [-0.2, -0.15) is 0 Å². The maximum absolute atomic E-state index is 5.52. The molecular formula is C4H9IN2O. The average molecular weight is 228 g/mol. The van der Waals surface area contributed by atoms with E-state index in [0.717, 1.165) is 19.8 Å². The topological polar surface area (TPSA) is 38.5 Å². The molecule has 0 radical (unpaired) electrons. The number of hydrogen-bond acceptors (Lipinski definition) is 3. The van der Waals surface area contributed by atoms with E-state index in [1.807, 2.05) is 0 Å². The van der Waals surface area contributed by atoms with Gasteiger partial charge in [0.1, 0.15) is 0 Å². The van der Waals surface area contributed by atoms with Crippen molar-refractivity contribution in [1.82, 2.24) is 5.01 Å². The lowest BCUT2D eigenvalue weighted by Gasteiger charge is -2.27. The molecule has 1 fully saturated rings. The van der Waals surface area contributed by atoms with Crippen molar-refractivity contribution < 1.29 is 4.74 Å². The van der Waals surface area contributed by atoms with Crippen molar-refractivity contribution in [3.05, 3.63) is 0 Å². The molecule has 0 amide bonds. The Morgan fingerprint density at radius 1 is 1.75 bits per heavy atom. The third kappa shape index (κ3) is 1.54. The summed E-state index contributed by atoms with van der Waals surface area (Å²) in [5, 5.41) is 1.80. The summed E-state index contributed by atoms with van der Waals surface area (Å²) in [6, 6.07) is 0. The molecule has 0 unspecified atom stereocenters. The Kier molecular flexibility index (Phi) is 2.48. The molecule has 1 saturated heterocycles. The third-order valence-electron chi connectivity index (χ3n) is 1.11. The molecule has 0 saturated carbocycles. The Morgan fingerprint density at radius 3 is 2.88 bits per heavy atom. The second kappa shape index (κ2) is 2.95. The van der Waals surface area contributed by atoms with E-state index in [1.54, 1.807) is 5.01 Å². The Balaban J connectivity index is 2.28. The number of nitrogens with two attached hydrogens (primary N) is 1. The highest BCUT2D eigenvalue weighted by atomic mass is 127. The fourth-order valence-corrected chi connectivity index (χ4v) is 1.12. The van der Waals surface area contributed by atoms with Crippen LogP contribution in [-0.2, 0) is 4.74 Å². The molecule has 0 aliphatic carbocycles.